The zero-order chi connectivity index (χ0) is 22.0. The maximum Gasteiger partial charge on any atom is 0.332 e. The molecule has 4 rings (SSSR count). The number of nitrogens with zero attached hydrogens (tertiary/aromatic N) is 5. The highest BCUT2D eigenvalue weighted by Crippen LogP contribution is 2.23. The van der Waals surface area contributed by atoms with Crippen LogP contribution in [0.2, 0.25) is 0 Å². The van der Waals surface area contributed by atoms with Gasteiger partial charge in [0, 0.05) is 26.7 Å². The van der Waals surface area contributed by atoms with Crippen LogP contribution in [0.4, 0.5) is 0 Å². The minimum absolute atomic E-state index is 0.262. The molecule has 2 aromatic heterocycles. The molecule has 0 unspecified atom stereocenters. The van der Waals surface area contributed by atoms with E-state index in [4.69, 9.17) is 4.98 Å². The third-order valence-electron chi connectivity index (χ3n) is 6.68. The Morgan fingerprint density at radius 3 is 2.58 bits per heavy atom. The van der Waals surface area contributed by atoms with Gasteiger partial charge >= 0.3 is 5.69 Å². The van der Waals surface area contributed by atoms with Gasteiger partial charge in [-0.3, -0.25) is 18.8 Å². The molecule has 0 radical (unpaired) electrons. The summed E-state index contributed by atoms with van der Waals surface area (Å²) >= 11 is 0. The van der Waals surface area contributed by atoms with Crippen molar-refractivity contribution >= 4 is 11.2 Å². The minimum Gasteiger partial charge on any atom is -0.321 e. The lowest BCUT2D eigenvalue weighted by Gasteiger charge is -2.34. The summed E-state index contributed by atoms with van der Waals surface area (Å²) < 4.78 is 4.76. The second-order valence-electron chi connectivity index (χ2n) is 8.68. The number of aryl methyl sites for hydroxylation is 3. The van der Waals surface area contributed by atoms with Crippen LogP contribution >= 0.6 is 0 Å². The molecule has 31 heavy (non-hydrogen) atoms. The highest BCUT2D eigenvalue weighted by Gasteiger charge is 2.25. The van der Waals surface area contributed by atoms with Gasteiger partial charge in [-0.2, -0.15) is 0 Å². The van der Waals surface area contributed by atoms with E-state index in [0.717, 1.165) is 38.2 Å². The molecule has 166 valence electrons. The van der Waals surface area contributed by atoms with Crippen LogP contribution in [0.5, 0.6) is 0 Å². The highest BCUT2D eigenvalue weighted by molar-refractivity contribution is 5.71. The zero-order valence-corrected chi connectivity index (χ0v) is 18.9. The molecule has 0 N–H and O–H groups in total. The Balaban J connectivity index is 1.72. The number of fused-ring (bicyclic) bond motifs is 1. The van der Waals surface area contributed by atoms with E-state index in [0.29, 0.717) is 23.8 Å². The highest BCUT2D eigenvalue weighted by atomic mass is 16.2. The first-order chi connectivity index (χ1) is 15.0. The number of imidazole rings is 1. The van der Waals surface area contributed by atoms with Crippen LogP contribution in [0.15, 0.2) is 39.9 Å². The van der Waals surface area contributed by atoms with Crippen molar-refractivity contribution in [1.82, 2.24) is 23.6 Å². The van der Waals surface area contributed by atoms with E-state index >= 15 is 0 Å². The van der Waals surface area contributed by atoms with Gasteiger partial charge in [-0.25, -0.2) is 9.78 Å². The molecule has 3 aromatic rings. The summed E-state index contributed by atoms with van der Waals surface area (Å²) in [4.78, 5) is 32.9. The van der Waals surface area contributed by atoms with Gasteiger partial charge in [-0.15, -0.1) is 0 Å². The Kier molecular flexibility index (Phi) is 6.41. The van der Waals surface area contributed by atoms with E-state index in [1.54, 1.807) is 14.1 Å². The molecule has 0 spiro atoms. The Labute approximate surface area is 182 Å². The first-order valence-electron chi connectivity index (χ1n) is 11.4. The molecule has 7 nitrogen and oxygen atoms in total. The minimum atomic E-state index is -0.331. The molecule has 1 atom stereocenters. The number of likely N-dealkylation sites (tertiary alicyclic amines) is 1. The molecule has 7 heteroatoms. The fourth-order valence-corrected chi connectivity index (χ4v) is 4.85. The van der Waals surface area contributed by atoms with Crippen molar-refractivity contribution in [2.75, 3.05) is 6.54 Å². The van der Waals surface area contributed by atoms with Crippen LogP contribution in [-0.4, -0.2) is 36.2 Å². The monoisotopic (exact) mass is 423 g/mol. The van der Waals surface area contributed by atoms with Crippen molar-refractivity contribution in [3.8, 4) is 0 Å². The van der Waals surface area contributed by atoms with Gasteiger partial charge in [-0.05, 0) is 44.2 Å². The lowest BCUT2D eigenvalue weighted by molar-refractivity contribution is 0.131. The predicted octanol–water partition coefficient (Wildman–Crippen LogP) is 2.83. The van der Waals surface area contributed by atoms with Crippen LogP contribution in [0.1, 0.15) is 50.4 Å². The summed E-state index contributed by atoms with van der Waals surface area (Å²) in [7, 11) is 3.24. The molecule has 0 amide bonds. The first kappa shape index (κ1) is 21.6. The molecular weight excluding hydrogens is 390 g/mol. The molecule has 3 heterocycles. The van der Waals surface area contributed by atoms with Crippen molar-refractivity contribution in [1.29, 1.82) is 0 Å². The van der Waals surface area contributed by atoms with Crippen LogP contribution in [0.25, 0.3) is 11.2 Å². The normalized spacial score (nSPS) is 17.5. The molecule has 0 saturated carbocycles. The molecule has 1 saturated heterocycles. The summed E-state index contributed by atoms with van der Waals surface area (Å²) in [5.41, 5.74) is 1.73. The topological polar surface area (TPSA) is 65.1 Å². The second-order valence-corrected chi connectivity index (χ2v) is 8.68. The molecule has 1 fully saturated rings. The Morgan fingerprint density at radius 1 is 1.06 bits per heavy atom. The number of hydrogen-bond donors (Lipinski definition) is 0. The number of piperidine rings is 1. The number of benzene rings is 1. The van der Waals surface area contributed by atoms with E-state index in [1.807, 2.05) is 6.07 Å². The smallest absolute Gasteiger partial charge is 0.321 e. The third-order valence-corrected chi connectivity index (χ3v) is 6.68. The van der Waals surface area contributed by atoms with E-state index in [9.17, 15) is 9.59 Å². The fourth-order valence-electron chi connectivity index (χ4n) is 4.85. The molecular formula is C24H33N5O2. The van der Waals surface area contributed by atoms with Crippen LogP contribution in [0.3, 0.4) is 0 Å². The molecule has 1 aliphatic rings. The van der Waals surface area contributed by atoms with E-state index in [1.165, 1.54) is 34.0 Å². The van der Waals surface area contributed by atoms with Crippen molar-refractivity contribution in [2.45, 2.75) is 64.6 Å². The summed E-state index contributed by atoms with van der Waals surface area (Å²) in [5.74, 6) is 0.890. The van der Waals surface area contributed by atoms with Gasteiger partial charge in [-0.1, -0.05) is 43.7 Å². The number of rotatable bonds is 7. The van der Waals surface area contributed by atoms with Crippen molar-refractivity contribution in [3.63, 3.8) is 0 Å². The van der Waals surface area contributed by atoms with Crippen molar-refractivity contribution in [2.24, 2.45) is 14.1 Å². The number of hydrogen-bond acceptors (Lipinski definition) is 4. The maximum absolute atomic E-state index is 13.1. The van der Waals surface area contributed by atoms with E-state index in [2.05, 4.69) is 40.7 Å². The molecule has 0 bridgehead atoms. The molecule has 1 aromatic carbocycles. The first-order valence-corrected chi connectivity index (χ1v) is 11.4. The lowest BCUT2D eigenvalue weighted by atomic mass is 10.00. The van der Waals surface area contributed by atoms with Gasteiger partial charge in [0.25, 0.3) is 5.56 Å². The van der Waals surface area contributed by atoms with E-state index < -0.39 is 0 Å². The maximum atomic E-state index is 13.1. The summed E-state index contributed by atoms with van der Waals surface area (Å²) in [6.45, 7) is 4.72. The summed E-state index contributed by atoms with van der Waals surface area (Å²) in [6.07, 6.45) is 6.65. The Hall–Kier alpha value is -2.67. The predicted molar refractivity (Wildman–Crippen MR) is 123 cm³/mol. The van der Waals surface area contributed by atoms with Crippen LogP contribution in [-0.2, 0) is 33.6 Å². The largest absolute Gasteiger partial charge is 0.332 e. The Bertz CT molecular complexity index is 1160. The SMILES string of the molecule is CC[C@@H]1CCCCN1Cc1nc2c(c(=O)n(C)c(=O)n2C)n1CCCc1ccccc1. The van der Waals surface area contributed by atoms with Crippen molar-refractivity contribution in [3.05, 3.63) is 62.6 Å². The molecule has 1 aliphatic heterocycles. The number of aromatic nitrogens is 4. The zero-order valence-electron chi connectivity index (χ0n) is 18.9. The Morgan fingerprint density at radius 2 is 1.84 bits per heavy atom. The molecule has 0 aliphatic carbocycles. The third kappa shape index (κ3) is 4.24. The summed E-state index contributed by atoms with van der Waals surface area (Å²) in [6, 6.07) is 11.0. The van der Waals surface area contributed by atoms with Crippen LogP contribution < -0.4 is 11.2 Å². The average Bonchev–Trinajstić information content (AvgIpc) is 3.15. The van der Waals surface area contributed by atoms with E-state index in [-0.39, 0.29) is 11.2 Å². The van der Waals surface area contributed by atoms with Gasteiger partial charge < -0.3 is 4.57 Å². The van der Waals surface area contributed by atoms with Gasteiger partial charge in [0.2, 0.25) is 0 Å². The van der Waals surface area contributed by atoms with Gasteiger partial charge in [0.1, 0.15) is 5.82 Å². The van der Waals surface area contributed by atoms with Crippen molar-refractivity contribution < 1.29 is 0 Å². The quantitative estimate of drug-likeness (QED) is 0.586. The van der Waals surface area contributed by atoms with Gasteiger partial charge in [0.15, 0.2) is 11.2 Å². The summed E-state index contributed by atoms with van der Waals surface area (Å²) in [5, 5.41) is 0. The lowest BCUT2D eigenvalue weighted by Crippen LogP contribution is -2.39. The standard InChI is InChI=1S/C24H33N5O2/c1-4-19-14-8-9-15-28(19)17-20-25-22-21(23(30)27(3)24(31)26(22)2)29(20)16-10-13-18-11-6-5-7-12-18/h5-7,11-12,19H,4,8-10,13-17H2,1-3H3/t19-/m1/s1. The van der Waals surface area contributed by atoms with Crippen LogP contribution in [0, 0.1) is 0 Å². The average molecular weight is 424 g/mol. The van der Waals surface area contributed by atoms with Gasteiger partial charge in [0.05, 0.1) is 6.54 Å². The fraction of sp³-hybridized carbons (Fsp3) is 0.542. The second kappa shape index (κ2) is 9.22.